The quantitative estimate of drug-likeness (QED) is 0.780. The third kappa shape index (κ3) is 4.54. The number of hydrogen-bond acceptors (Lipinski definition) is 1. The fraction of sp³-hybridized carbons (Fsp3) is 0.250. The minimum Gasteiger partial charge on any atom is -0.316 e. The van der Waals surface area contributed by atoms with Crippen molar-refractivity contribution in [2.24, 2.45) is 0 Å². The van der Waals surface area contributed by atoms with Crippen molar-refractivity contribution in [3.05, 3.63) is 69.7 Å². The lowest BCUT2D eigenvalue weighted by Crippen LogP contribution is -2.20. The fourth-order valence-electron chi connectivity index (χ4n) is 1.97. The maximum absolute atomic E-state index is 6.11. The summed E-state index contributed by atoms with van der Waals surface area (Å²) in [6, 6.07) is 15.9. The Morgan fingerprint density at radius 2 is 1.11 bits per heavy atom. The summed E-state index contributed by atoms with van der Waals surface area (Å²) in [4.78, 5) is 0. The van der Waals surface area contributed by atoms with Crippen LogP contribution in [-0.4, -0.2) is 13.1 Å². The van der Waals surface area contributed by atoms with Crippen LogP contribution in [0.15, 0.2) is 48.5 Å². The second kappa shape index (κ2) is 7.54. The van der Waals surface area contributed by atoms with Crippen molar-refractivity contribution in [2.75, 3.05) is 13.1 Å². The van der Waals surface area contributed by atoms with Crippen LogP contribution in [0.4, 0.5) is 0 Å². The largest absolute Gasteiger partial charge is 0.316 e. The van der Waals surface area contributed by atoms with Crippen LogP contribution in [0.3, 0.4) is 0 Å². The first-order valence-electron chi connectivity index (χ1n) is 6.45. The zero-order valence-corrected chi connectivity index (χ0v) is 12.2. The molecule has 0 spiro atoms. The van der Waals surface area contributed by atoms with Crippen LogP contribution in [0.5, 0.6) is 0 Å². The highest BCUT2D eigenvalue weighted by Gasteiger charge is 2.00. The normalized spacial score (nSPS) is 10.6. The number of benzene rings is 2. The van der Waals surface area contributed by atoms with Gasteiger partial charge in [0.1, 0.15) is 0 Å². The lowest BCUT2D eigenvalue weighted by atomic mass is 10.1. The van der Waals surface area contributed by atoms with E-state index < -0.39 is 0 Å². The Kier molecular flexibility index (Phi) is 5.71. The highest BCUT2D eigenvalue weighted by Crippen LogP contribution is 2.16. The standard InChI is InChI=1S/C16H17Cl2N/c17-15-7-3-1-5-13(15)9-11-19-12-10-14-6-2-4-8-16(14)18/h1-8,19H,9-12H2. The molecule has 0 atom stereocenters. The van der Waals surface area contributed by atoms with E-state index in [0.717, 1.165) is 36.0 Å². The molecule has 2 rings (SSSR count). The molecule has 3 heteroatoms. The van der Waals surface area contributed by atoms with Gasteiger partial charge in [-0.3, -0.25) is 0 Å². The molecule has 2 aromatic carbocycles. The van der Waals surface area contributed by atoms with Crippen LogP contribution in [0.25, 0.3) is 0 Å². The SMILES string of the molecule is Clc1ccccc1CCNCCc1ccccc1Cl. The van der Waals surface area contributed by atoms with Crippen molar-refractivity contribution in [2.45, 2.75) is 12.8 Å². The molecule has 19 heavy (non-hydrogen) atoms. The van der Waals surface area contributed by atoms with Gasteiger partial charge in [0.15, 0.2) is 0 Å². The van der Waals surface area contributed by atoms with E-state index in [-0.39, 0.29) is 0 Å². The molecular formula is C16H17Cl2N. The Bertz CT molecular complexity index is 478. The van der Waals surface area contributed by atoms with Crippen molar-refractivity contribution in [1.82, 2.24) is 5.32 Å². The maximum atomic E-state index is 6.11. The molecule has 0 aromatic heterocycles. The molecule has 0 aliphatic carbocycles. The minimum absolute atomic E-state index is 0.843. The smallest absolute Gasteiger partial charge is 0.0438 e. The van der Waals surface area contributed by atoms with Crippen molar-refractivity contribution in [1.29, 1.82) is 0 Å². The highest BCUT2D eigenvalue weighted by molar-refractivity contribution is 6.31. The van der Waals surface area contributed by atoms with E-state index in [1.807, 2.05) is 36.4 Å². The van der Waals surface area contributed by atoms with Gasteiger partial charge >= 0.3 is 0 Å². The topological polar surface area (TPSA) is 12.0 Å². The summed E-state index contributed by atoms with van der Waals surface area (Å²) in [5, 5.41) is 5.11. The molecule has 0 saturated heterocycles. The van der Waals surface area contributed by atoms with Crippen molar-refractivity contribution >= 4 is 23.2 Å². The molecule has 0 bridgehead atoms. The van der Waals surface area contributed by atoms with E-state index in [1.54, 1.807) is 0 Å². The summed E-state index contributed by atoms with van der Waals surface area (Å²) < 4.78 is 0. The molecule has 1 nitrogen and oxygen atoms in total. The van der Waals surface area contributed by atoms with Crippen LogP contribution in [0.2, 0.25) is 10.0 Å². The Morgan fingerprint density at radius 3 is 1.53 bits per heavy atom. The third-order valence-electron chi connectivity index (χ3n) is 3.06. The van der Waals surface area contributed by atoms with Crippen LogP contribution >= 0.6 is 23.2 Å². The summed E-state index contributed by atoms with van der Waals surface area (Å²) in [5.74, 6) is 0. The van der Waals surface area contributed by atoms with E-state index in [2.05, 4.69) is 17.4 Å². The average molecular weight is 294 g/mol. The Balaban J connectivity index is 1.71. The van der Waals surface area contributed by atoms with E-state index in [4.69, 9.17) is 23.2 Å². The molecular weight excluding hydrogens is 277 g/mol. The lowest BCUT2D eigenvalue weighted by molar-refractivity contribution is 0.682. The molecule has 1 N–H and O–H groups in total. The molecule has 0 amide bonds. The van der Waals surface area contributed by atoms with E-state index >= 15 is 0 Å². The summed E-state index contributed by atoms with van der Waals surface area (Å²) in [6.45, 7) is 1.85. The van der Waals surface area contributed by atoms with Crippen molar-refractivity contribution in [3.8, 4) is 0 Å². The minimum atomic E-state index is 0.843. The Labute approximate surface area is 124 Å². The third-order valence-corrected chi connectivity index (χ3v) is 3.80. The Morgan fingerprint density at radius 1 is 0.684 bits per heavy atom. The van der Waals surface area contributed by atoms with Crippen LogP contribution in [0, 0.1) is 0 Å². The van der Waals surface area contributed by atoms with Crippen molar-refractivity contribution < 1.29 is 0 Å². The molecule has 0 heterocycles. The van der Waals surface area contributed by atoms with Crippen LogP contribution in [0.1, 0.15) is 11.1 Å². The van der Waals surface area contributed by atoms with Gasteiger partial charge in [0, 0.05) is 10.0 Å². The summed E-state index contributed by atoms with van der Waals surface area (Å²) in [6.07, 6.45) is 1.89. The molecule has 0 aliphatic rings. The predicted octanol–water partition coefficient (Wildman–Crippen LogP) is 4.37. The van der Waals surface area contributed by atoms with Gasteiger partial charge in [0.25, 0.3) is 0 Å². The molecule has 0 aliphatic heterocycles. The van der Waals surface area contributed by atoms with E-state index in [0.29, 0.717) is 0 Å². The van der Waals surface area contributed by atoms with Crippen molar-refractivity contribution in [3.63, 3.8) is 0 Å². The first-order valence-corrected chi connectivity index (χ1v) is 7.20. The predicted molar refractivity (Wildman–Crippen MR) is 83.2 cm³/mol. The van der Waals surface area contributed by atoms with Gasteiger partial charge in [-0.1, -0.05) is 59.6 Å². The molecule has 0 saturated carbocycles. The first kappa shape index (κ1) is 14.4. The van der Waals surface area contributed by atoms with Crippen LogP contribution in [-0.2, 0) is 12.8 Å². The molecule has 100 valence electrons. The maximum Gasteiger partial charge on any atom is 0.0438 e. The summed E-state index contributed by atoms with van der Waals surface area (Å²) >= 11 is 12.2. The first-order chi connectivity index (χ1) is 9.27. The molecule has 0 radical (unpaired) electrons. The van der Waals surface area contributed by atoms with Gasteiger partial charge < -0.3 is 5.32 Å². The van der Waals surface area contributed by atoms with Gasteiger partial charge in [-0.05, 0) is 49.2 Å². The Hall–Kier alpha value is -1.02. The summed E-state index contributed by atoms with van der Waals surface area (Å²) in [5.41, 5.74) is 2.38. The van der Waals surface area contributed by atoms with Gasteiger partial charge in [0.05, 0.1) is 0 Å². The fourth-order valence-corrected chi connectivity index (χ4v) is 2.43. The number of nitrogens with one attached hydrogen (secondary N) is 1. The zero-order chi connectivity index (χ0) is 13.5. The van der Waals surface area contributed by atoms with E-state index in [9.17, 15) is 0 Å². The highest BCUT2D eigenvalue weighted by atomic mass is 35.5. The van der Waals surface area contributed by atoms with Gasteiger partial charge in [-0.15, -0.1) is 0 Å². The van der Waals surface area contributed by atoms with Gasteiger partial charge in [0.2, 0.25) is 0 Å². The second-order valence-corrected chi connectivity index (χ2v) is 5.25. The molecule has 2 aromatic rings. The zero-order valence-electron chi connectivity index (χ0n) is 10.7. The lowest BCUT2D eigenvalue weighted by Gasteiger charge is -2.07. The number of halogens is 2. The van der Waals surface area contributed by atoms with E-state index in [1.165, 1.54) is 11.1 Å². The number of rotatable bonds is 6. The van der Waals surface area contributed by atoms with Crippen LogP contribution < -0.4 is 5.32 Å². The molecule has 0 fully saturated rings. The average Bonchev–Trinajstić information content (AvgIpc) is 2.42. The van der Waals surface area contributed by atoms with Gasteiger partial charge in [-0.2, -0.15) is 0 Å². The van der Waals surface area contributed by atoms with Gasteiger partial charge in [-0.25, -0.2) is 0 Å². The molecule has 0 unspecified atom stereocenters. The summed E-state index contributed by atoms with van der Waals surface area (Å²) in [7, 11) is 0. The monoisotopic (exact) mass is 293 g/mol. The number of hydrogen-bond donors (Lipinski definition) is 1. The second-order valence-electron chi connectivity index (χ2n) is 4.43.